The molecule has 0 aliphatic heterocycles. The molecule has 0 saturated heterocycles. The van der Waals surface area contributed by atoms with E-state index in [0.29, 0.717) is 32.3 Å². The molecular formula is C12H24N2O3. The molecule has 0 bridgehead atoms. The first-order valence-electron chi connectivity index (χ1n) is 6.37. The van der Waals surface area contributed by atoms with Crippen molar-refractivity contribution in [3.8, 4) is 0 Å². The number of aliphatic hydroxyl groups excluding tert-OH is 1. The number of aliphatic hydroxyl groups is 1. The summed E-state index contributed by atoms with van der Waals surface area (Å²) in [6.45, 7) is 2.19. The van der Waals surface area contributed by atoms with E-state index in [9.17, 15) is 4.79 Å². The van der Waals surface area contributed by atoms with Crippen molar-refractivity contribution in [3.63, 3.8) is 0 Å². The number of ether oxygens (including phenoxy) is 1. The molecule has 0 aromatic carbocycles. The van der Waals surface area contributed by atoms with Gasteiger partial charge < -0.3 is 15.2 Å². The van der Waals surface area contributed by atoms with Crippen LogP contribution in [0, 0.1) is 0 Å². The Hall–Kier alpha value is -0.650. The summed E-state index contributed by atoms with van der Waals surface area (Å²) in [7, 11) is 1.63. The van der Waals surface area contributed by atoms with Gasteiger partial charge in [0.2, 0.25) is 5.91 Å². The topological polar surface area (TPSA) is 61.8 Å². The Balaban J connectivity index is 2.23. The Bertz CT molecular complexity index is 218. The number of hydrogen-bond donors (Lipinski definition) is 2. The van der Waals surface area contributed by atoms with Crippen LogP contribution in [-0.4, -0.2) is 61.9 Å². The Morgan fingerprint density at radius 3 is 2.71 bits per heavy atom. The van der Waals surface area contributed by atoms with Crippen molar-refractivity contribution in [2.24, 2.45) is 0 Å². The minimum absolute atomic E-state index is 0.0569. The van der Waals surface area contributed by atoms with Crippen LogP contribution in [0.25, 0.3) is 0 Å². The fourth-order valence-corrected chi connectivity index (χ4v) is 2.18. The van der Waals surface area contributed by atoms with Crippen LogP contribution < -0.4 is 5.32 Å². The Labute approximate surface area is 103 Å². The average molecular weight is 244 g/mol. The zero-order chi connectivity index (χ0) is 12.5. The van der Waals surface area contributed by atoms with Gasteiger partial charge in [-0.2, -0.15) is 0 Å². The number of carbonyl (C=O) groups excluding carboxylic acids is 1. The van der Waals surface area contributed by atoms with Crippen LogP contribution in [0.4, 0.5) is 0 Å². The zero-order valence-electron chi connectivity index (χ0n) is 10.7. The highest BCUT2D eigenvalue weighted by atomic mass is 16.5. The second-order valence-corrected chi connectivity index (χ2v) is 4.54. The first kappa shape index (κ1) is 14.4. The van der Waals surface area contributed by atoms with Crippen molar-refractivity contribution >= 4 is 5.91 Å². The van der Waals surface area contributed by atoms with Crippen LogP contribution in [0.1, 0.15) is 25.7 Å². The summed E-state index contributed by atoms with van der Waals surface area (Å²) in [6, 6.07) is 0.362. The van der Waals surface area contributed by atoms with E-state index in [-0.39, 0.29) is 12.5 Å². The van der Waals surface area contributed by atoms with Gasteiger partial charge >= 0.3 is 0 Å². The molecule has 2 N–H and O–H groups in total. The predicted molar refractivity (Wildman–Crippen MR) is 65.8 cm³/mol. The molecule has 0 unspecified atom stereocenters. The summed E-state index contributed by atoms with van der Waals surface area (Å²) in [6.07, 6.45) is 4.64. The van der Waals surface area contributed by atoms with Crippen molar-refractivity contribution in [1.29, 1.82) is 0 Å². The Morgan fingerprint density at radius 2 is 2.12 bits per heavy atom. The van der Waals surface area contributed by atoms with Crippen molar-refractivity contribution in [2.75, 3.05) is 40.0 Å². The zero-order valence-corrected chi connectivity index (χ0v) is 10.7. The van der Waals surface area contributed by atoms with Gasteiger partial charge in [-0.3, -0.25) is 9.69 Å². The Kier molecular flexibility index (Phi) is 7.16. The Morgan fingerprint density at radius 1 is 1.41 bits per heavy atom. The number of hydrogen-bond acceptors (Lipinski definition) is 4. The van der Waals surface area contributed by atoms with Gasteiger partial charge in [0.05, 0.1) is 19.8 Å². The van der Waals surface area contributed by atoms with Crippen molar-refractivity contribution in [3.05, 3.63) is 0 Å². The highest BCUT2D eigenvalue weighted by Gasteiger charge is 2.18. The second-order valence-electron chi connectivity index (χ2n) is 4.54. The molecule has 1 saturated carbocycles. The van der Waals surface area contributed by atoms with E-state index in [1.807, 2.05) is 4.90 Å². The standard InChI is InChI=1S/C12H24N2O3/c1-17-9-7-14(6-8-15)10-12(16)13-11-4-2-3-5-11/h11,15H,2-10H2,1H3,(H,13,16). The summed E-state index contributed by atoms with van der Waals surface area (Å²) in [5, 5.41) is 12.0. The third-order valence-corrected chi connectivity index (χ3v) is 3.12. The molecule has 5 nitrogen and oxygen atoms in total. The lowest BCUT2D eigenvalue weighted by atomic mass is 10.2. The van der Waals surface area contributed by atoms with Crippen LogP contribution >= 0.6 is 0 Å². The third kappa shape index (κ3) is 6.00. The molecule has 0 spiro atoms. The fourth-order valence-electron chi connectivity index (χ4n) is 2.18. The minimum Gasteiger partial charge on any atom is -0.395 e. The van der Waals surface area contributed by atoms with Gasteiger partial charge in [0.25, 0.3) is 0 Å². The molecule has 0 aromatic rings. The molecular weight excluding hydrogens is 220 g/mol. The highest BCUT2D eigenvalue weighted by Crippen LogP contribution is 2.17. The maximum absolute atomic E-state index is 11.8. The molecule has 1 aliphatic carbocycles. The van der Waals surface area contributed by atoms with Crippen LogP contribution in [0.5, 0.6) is 0 Å². The quantitative estimate of drug-likeness (QED) is 0.630. The number of nitrogens with zero attached hydrogens (tertiary/aromatic N) is 1. The number of amides is 1. The summed E-state index contributed by atoms with van der Waals surface area (Å²) in [4.78, 5) is 13.7. The van der Waals surface area contributed by atoms with Gasteiger partial charge in [-0.05, 0) is 12.8 Å². The minimum atomic E-state index is 0.0569. The molecule has 1 rings (SSSR count). The normalized spacial score (nSPS) is 16.6. The van der Waals surface area contributed by atoms with Crippen LogP contribution in [0.15, 0.2) is 0 Å². The first-order valence-corrected chi connectivity index (χ1v) is 6.37. The second kappa shape index (κ2) is 8.44. The molecule has 0 atom stereocenters. The van der Waals surface area contributed by atoms with E-state index in [2.05, 4.69) is 5.32 Å². The SMILES string of the molecule is COCCN(CCO)CC(=O)NC1CCCC1. The lowest BCUT2D eigenvalue weighted by molar-refractivity contribution is -0.123. The molecule has 100 valence electrons. The van der Waals surface area contributed by atoms with Crippen LogP contribution in [0.3, 0.4) is 0 Å². The maximum atomic E-state index is 11.8. The largest absolute Gasteiger partial charge is 0.395 e. The number of nitrogens with one attached hydrogen (secondary N) is 1. The lowest BCUT2D eigenvalue weighted by Crippen LogP contribution is -2.43. The van der Waals surface area contributed by atoms with Crippen molar-refractivity contribution in [1.82, 2.24) is 10.2 Å². The summed E-state index contributed by atoms with van der Waals surface area (Å²) in [5.74, 6) is 0.0569. The van der Waals surface area contributed by atoms with Gasteiger partial charge in [-0.25, -0.2) is 0 Å². The molecule has 1 amide bonds. The van der Waals surface area contributed by atoms with Crippen molar-refractivity contribution < 1.29 is 14.6 Å². The number of methoxy groups -OCH3 is 1. The van der Waals surface area contributed by atoms with Gasteiger partial charge in [0.1, 0.15) is 0 Å². The van der Waals surface area contributed by atoms with Crippen LogP contribution in [0.2, 0.25) is 0 Å². The maximum Gasteiger partial charge on any atom is 0.234 e. The van der Waals surface area contributed by atoms with Crippen molar-refractivity contribution in [2.45, 2.75) is 31.7 Å². The fraction of sp³-hybridized carbons (Fsp3) is 0.917. The molecule has 0 heterocycles. The van der Waals surface area contributed by atoms with E-state index in [1.165, 1.54) is 12.8 Å². The van der Waals surface area contributed by atoms with E-state index in [1.54, 1.807) is 7.11 Å². The van der Waals surface area contributed by atoms with E-state index >= 15 is 0 Å². The van der Waals surface area contributed by atoms with E-state index < -0.39 is 0 Å². The molecule has 0 radical (unpaired) electrons. The van der Waals surface area contributed by atoms with E-state index in [0.717, 1.165) is 12.8 Å². The summed E-state index contributed by atoms with van der Waals surface area (Å²) in [5.41, 5.74) is 0. The number of carbonyl (C=O) groups is 1. The number of rotatable bonds is 8. The average Bonchev–Trinajstić information content (AvgIpc) is 2.78. The lowest BCUT2D eigenvalue weighted by Gasteiger charge is -2.21. The third-order valence-electron chi connectivity index (χ3n) is 3.12. The predicted octanol–water partition coefficient (Wildman–Crippen LogP) is -0.0141. The highest BCUT2D eigenvalue weighted by molar-refractivity contribution is 5.78. The molecule has 5 heteroatoms. The van der Waals surface area contributed by atoms with Gasteiger partial charge in [-0.15, -0.1) is 0 Å². The first-order chi connectivity index (χ1) is 8.26. The van der Waals surface area contributed by atoms with Crippen LogP contribution in [-0.2, 0) is 9.53 Å². The molecule has 1 fully saturated rings. The summed E-state index contributed by atoms with van der Waals surface area (Å²) >= 11 is 0. The smallest absolute Gasteiger partial charge is 0.234 e. The summed E-state index contributed by atoms with van der Waals surface area (Å²) < 4.78 is 4.98. The molecule has 17 heavy (non-hydrogen) atoms. The van der Waals surface area contributed by atoms with Gasteiger partial charge in [-0.1, -0.05) is 12.8 Å². The molecule has 0 aromatic heterocycles. The van der Waals surface area contributed by atoms with E-state index in [4.69, 9.17) is 9.84 Å². The van der Waals surface area contributed by atoms with Gasteiger partial charge in [0.15, 0.2) is 0 Å². The van der Waals surface area contributed by atoms with Gasteiger partial charge in [0, 0.05) is 26.2 Å². The molecule has 1 aliphatic rings. The monoisotopic (exact) mass is 244 g/mol.